The van der Waals surface area contributed by atoms with Crippen molar-refractivity contribution < 1.29 is 18.3 Å². The number of rotatable bonds is 4. The second kappa shape index (κ2) is 6.10. The molecule has 1 unspecified atom stereocenters. The van der Waals surface area contributed by atoms with Gasteiger partial charge in [0.25, 0.3) is 0 Å². The first-order valence-electron chi connectivity index (χ1n) is 5.94. The maximum absolute atomic E-state index is 12.6. The third kappa shape index (κ3) is 2.96. The number of pyridine rings is 1. The molecule has 1 aliphatic rings. The van der Waals surface area contributed by atoms with Crippen molar-refractivity contribution >= 4 is 27.2 Å². The van der Waals surface area contributed by atoms with Crippen LogP contribution in [0.2, 0.25) is 0 Å². The van der Waals surface area contributed by atoms with E-state index in [1.807, 2.05) is 0 Å². The maximum atomic E-state index is 12.6. The fourth-order valence-electron chi connectivity index (χ4n) is 1.94. The van der Waals surface area contributed by atoms with Crippen molar-refractivity contribution in [3.63, 3.8) is 0 Å². The van der Waals surface area contributed by atoms with Gasteiger partial charge in [0.15, 0.2) is 0 Å². The van der Waals surface area contributed by atoms with Crippen LogP contribution in [0.25, 0.3) is 0 Å². The Morgan fingerprint density at radius 1 is 1.65 bits per heavy atom. The molecule has 1 aromatic heterocycles. The smallest absolute Gasteiger partial charge is 0.245 e. The summed E-state index contributed by atoms with van der Waals surface area (Å²) in [5, 5.41) is 9.09. The summed E-state index contributed by atoms with van der Waals surface area (Å²) in [6, 6.07) is 2.93. The van der Waals surface area contributed by atoms with Gasteiger partial charge in [-0.2, -0.15) is 4.31 Å². The molecule has 0 aliphatic carbocycles. The minimum Gasteiger partial charge on any atom is -0.394 e. The zero-order valence-electron chi connectivity index (χ0n) is 10.6. The molecule has 0 aromatic carbocycles. The second-order valence-corrected chi connectivity index (χ2v) is 6.60. The topological polar surface area (TPSA) is 106 Å². The molecule has 0 spiro atoms. The van der Waals surface area contributed by atoms with Crippen LogP contribution in [0.3, 0.4) is 0 Å². The predicted octanol–water partition coefficient (Wildman–Crippen LogP) is -0.902. The van der Waals surface area contributed by atoms with Gasteiger partial charge in [0.05, 0.1) is 19.3 Å². The molecule has 110 valence electrons. The molecule has 9 heteroatoms. The van der Waals surface area contributed by atoms with Crippen molar-refractivity contribution in [2.24, 2.45) is 5.73 Å². The lowest BCUT2D eigenvalue weighted by atomic mass is 10.3. The number of nitrogens with two attached hydrogens (primary N) is 1. The van der Waals surface area contributed by atoms with Gasteiger partial charge in [-0.05, 0) is 12.1 Å². The third-order valence-electron chi connectivity index (χ3n) is 2.93. The number of morpholine rings is 1. The lowest BCUT2D eigenvalue weighted by Gasteiger charge is -2.31. The molecule has 0 radical (unpaired) electrons. The molecule has 1 atom stereocenters. The summed E-state index contributed by atoms with van der Waals surface area (Å²) in [7, 11) is -3.77. The predicted molar refractivity (Wildman–Crippen MR) is 75.7 cm³/mol. The SMILES string of the molecule is NC(=S)c1ncccc1S(=O)(=O)N1CCOC(CO)C1. The number of aliphatic hydroxyl groups excluding tert-OH is 1. The highest BCUT2D eigenvalue weighted by Crippen LogP contribution is 2.21. The molecule has 2 heterocycles. The van der Waals surface area contributed by atoms with Crippen molar-refractivity contribution in [3.05, 3.63) is 24.0 Å². The fraction of sp³-hybridized carbons (Fsp3) is 0.455. The van der Waals surface area contributed by atoms with Gasteiger partial charge in [-0.15, -0.1) is 0 Å². The first kappa shape index (κ1) is 15.3. The summed E-state index contributed by atoms with van der Waals surface area (Å²) in [6.07, 6.45) is 0.909. The average Bonchev–Trinajstić information content (AvgIpc) is 2.47. The number of aliphatic hydroxyl groups is 1. The van der Waals surface area contributed by atoms with Gasteiger partial charge in [-0.1, -0.05) is 12.2 Å². The Balaban J connectivity index is 2.38. The minimum absolute atomic E-state index is 0.0221. The zero-order chi connectivity index (χ0) is 14.8. The van der Waals surface area contributed by atoms with Crippen molar-refractivity contribution in [1.29, 1.82) is 0 Å². The van der Waals surface area contributed by atoms with Gasteiger partial charge in [0, 0.05) is 19.3 Å². The summed E-state index contributed by atoms with van der Waals surface area (Å²) in [5.74, 6) is 0. The Kier molecular flexibility index (Phi) is 4.66. The van der Waals surface area contributed by atoms with Crippen LogP contribution < -0.4 is 5.73 Å². The summed E-state index contributed by atoms with van der Waals surface area (Å²) >= 11 is 4.83. The van der Waals surface area contributed by atoms with Gasteiger partial charge in [-0.3, -0.25) is 4.98 Å². The highest BCUT2D eigenvalue weighted by atomic mass is 32.2. The van der Waals surface area contributed by atoms with Gasteiger partial charge < -0.3 is 15.6 Å². The van der Waals surface area contributed by atoms with Crippen LogP contribution in [0, 0.1) is 0 Å². The molecule has 7 nitrogen and oxygen atoms in total. The molecular weight excluding hydrogens is 302 g/mol. The third-order valence-corrected chi connectivity index (χ3v) is 5.02. The monoisotopic (exact) mass is 317 g/mol. The van der Waals surface area contributed by atoms with E-state index in [-0.39, 0.29) is 41.9 Å². The van der Waals surface area contributed by atoms with Crippen LogP contribution in [0.5, 0.6) is 0 Å². The molecule has 1 aliphatic heterocycles. The standard InChI is InChI=1S/C11H15N3O4S2/c12-11(19)10-9(2-1-3-13-10)20(16,17)14-4-5-18-8(6-14)7-15/h1-3,8,15H,4-7H2,(H2,12,19). The average molecular weight is 317 g/mol. The highest BCUT2D eigenvalue weighted by Gasteiger charge is 2.32. The quantitative estimate of drug-likeness (QED) is 0.693. The number of hydrogen-bond donors (Lipinski definition) is 2. The van der Waals surface area contributed by atoms with E-state index in [0.717, 1.165) is 0 Å². The Hall–Kier alpha value is -1.13. The number of ether oxygens (including phenoxy) is 1. The Labute approximate surface area is 122 Å². The summed E-state index contributed by atoms with van der Waals surface area (Å²) in [6.45, 7) is 0.295. The van der Waals surface area contributed by atoms with Crippen LogP contribution in [-0.4, -0.2) is 60.2 Å². The molecule has 1 aromatic rings. The maximum Gasteiger partial charge on any atom is 0.245 e. The van der Waals surface area contributed by atoms with E-state index in [0.29, 0.717) is 0 Å². The van der Waals surface area contributed by atoms with E-state index in [2.05, 4.69) is 4.98 Å². The van der Waals surface area contributed by atoms with Crippen LogP contribution in [-0.2, 0) is 14.8 Å². The molecule has 0 bridgehead atoms. The Morgan fingerprint density at radius 3 is 3.05 bits per heavy atom. The van der Waals surface area contributed by atoms with Gasteiger partial charge in [0.2, 0.25) is 10.0 Å². The van der Waals surface area contributed by atoms with Crippen LogP contribution >= 0.6 is 12.2 Å². The minimum atomic E-state index is -3.77. The number of hydrogen-bond acceptors (Lipinski definition) is 6. The summed E-state index contributed by atoms with van der Waals surface area (Å²) in [5.41, 5.74) is 5.59. The molecule has 1 saturated heterocycles. The van der Waals surface area contributed by atoms with E-state index in [9.17, 15) is 8.42 Å². The highest BCUT2D eigenvalue weighted by molar-refractivity contribution is 7.89. The van der Waals surface area contributed by atoms with E-state index in [4.69, 9.17) is 27.8 Å². The van der Waals surface area contributed by atoms with E-state index in [1.165, 1.54) is 22.6 Å². The zero-order valence-corrected chi connectivity index (χ0v) is 12.2. The molecular formula is C11H15N3O4S2. The molecule has 1 fully saturated rings. The van der Waals surface area contributed by atoms with E-state index >= 15 is 0 Å². The molecule has 2 rings (SSSR count). The van der Waals surface area contributed by atoms with E-state index < -0.39 is 16.1 Å². The van der Waals surface area contributed by atoms with Crippen molar-refractivity contribution in [1.82, 2.24) is 9.29 Å². The molecule has 20 heavy (non-hydrogen) atoms. The van der Waals surface area contributed by atoms with Crippen LogP contribution in [0.1, 0.15) is 5.69 Å². The Morgan fingerprint density at radius 2 is 2.40 bits per heavy atom. The van der Waals surface area contributed by atoms with Crippen molar-refractivity contribution in [2.75, 3.05) is 26.3 Å². The number of nitrogens with zero attached hydrogens (tertiary/aromatic N) is 2. The Bertz CT molecular complexity index is 605. The number of aromatic nitrogens is 1. The first-order valence-corrected chi connectivity index (χ1v) is 7.79. The van der Waals surface area contributed by atoms with Gasteiger partial charge >= 0.3 is 0 Å². The molecule has 3 N–H and O–H groups in total. The largest absolute Gasteiger partial charge is 0.394 e. The molecule has 0 amide bonds. The van der Waals surface area contributed by atoms with Crippen LogP contribution in [0.15, 0.2) is 23.2 Å². The summed E-state index contributed by atoms with van der Waals surface area (Å²) < 4.78 is 31.7. The molecule has 0 saturated carbocycles. The number of sulfonamides is 1. The fourth-order valence-corrected chi connectivity index (χ4v) is 3.78. The first-order chi connectivity index (χ1) is 9.46. The van der Waals surface area contributed by atoms with Gasteiger partial charge in [-0.25, -0.2) is 8.42 Å². The van der Waals surface area contributed by atoms with Gasteiger partial charge in [0.1, 0.15) is 15.6 Å². The lowest BCUT2D eigenvalue weighted by Crippen LogP contribution is -2.47. The number of thiocarbonyl (C=S) groups is 1. The van der Waals surface area contributed by atoms with Crippen molar-refractivity contribution in [3.8, 4) is 0 Å². The van der Waals surface area contributed by atoms with Crippen molar-refractivity contribution in [2.45, 2.75) is 11.0 Å². The summed E-state index contributed by atoms with van der Waals surface area (Å²) in [4.78, 5) is 3.83. The lowest BCUT2D eigenvalue weighted by molar-refractivity contribution is -0.0304. The second-order valence-electron chi connectivity index (χ2n) is 4.25. The van der Waals surface area contributed by atoms with E-state index in [1.54, 1.807) is 0 Å². The van der Waals surface area contributed by atoms with Crippen LogP contribution in [0.4, 0.5) is 0 Å². The normalized spacial score (nSPS) is 20.8.